The lowest BCUT2D eigenvalue weighted by Gasteiger charge is -2.05. The van der Waals surface area contributed by atoms with E-state index < -0.39 is 5.97 Å². The second-order valence-corrected chi connectivity index (χ2v) is 3.49. The molecule has 2 rings (SSSR count). The number of carboxylic acid groups (broad SMARTS) is 1. The monoisotopic (exact) mass is 230 g/mol. The second-order valence-electron chi connectivity index (χ2n) is 3.49. The Bertz CT molecular complexity index is 561. The van der Waals surface area contributed by atoms with Crippen molar-refractivity contribution < 1.29 is 9.90 Å². The summed E-state index contributed by atoms with van der Waals surface area (Å²) in [6, 6.07) is 5.62. The highest BCUT2D eigenvalue weighted by molar-refractivity contribution is 5.86. The van der Waals surface area contributed by atoms with Crippen LogP contribution in [-0.4, -0.2) is 31.3 Å². The molecule has 86 valence electrons. The highest BCUT2D eigenvalue weighted by atomic mass is 16.4. The molecular formula is C11H10N4O2. The molecule has 17 heavy (non-hydrogen) atoms. The second kappa shape index (κ2) is 4.56. The Hall–Kier alpha value is -2.50. The molecule has 0 radical (unpaired) electrons. The summed E-state index contributed by atoms with van der Waals surface area (Å²) in [5.41, 5.74) is 2.52. The minimum absolute atomic E-state index is 0.734. The minimum atomic E-state index is -0.992. The lowest BCUT2D eigenvalue weighted by atomic mass is 10.1. The average molecular weight is 230 g/mol. The molecule has 0 fully saturated rings. The van der Waals surface area contributed by atoms with E-state index in [1.807, 2.05) is 25.1 Å². The Morgan fingerprint density at radius 3 is 2.94 bits per heavy atom. The maximum absolute atomic E-state index is 10.5. The summed E-state index contributed by atoms with van der Waals surface area (Å²) in [7, 11) is 0. The SMILES string of the molecule is Cc1ccc(-n2cnnn2)c(C=CC(=O)O)c1. The first kappa shape index (κ1) is 11.0. The van der Waals surface area contributed by atoms with Crippen LogP contribution in [0.1, 0.15) is 11.1 Å². The number of aliphatic carboxylic acids is 1. The van der Waals surface area contributed by atoms with Gasteiger partial charge in [0.15, 0.2) is 0 Å². The quantitative estimate of drug-likeness (QED) is 0.797. The Morgan fingerprint density at radius 2 is 2.29 bits per heavy atom. The van der Waals surface area contributed by atoms with Crippen LogP contribution < -0.4 is 0 Å². The maximum atomic E-state index is 10.5. The van der Waals surface area contributed by atoms with Crippen molar-refractivity contribution in [2.75, 3.05) is 0 Å². The van der Waals surface area contributed by atoms with Gasteiger partial charge in [-0.1, -0.05) is 11.6 Å². The summed E-state index contributed by atoms with van der Waals surface area (Å²) >= 11 is 0. The van der Waals surface area contributed by atoms with Crippen LogP contribution in [0, 0.1) is 6.92 Å². The molecule has 0 saturated heterocycles. The van der Waals surface area contributed by atoms with Crippen molar-refractivity contribution >= 4 is 12.0 Å². The third-order valence-electron chi connectivity index (χ3n) is 2.18. The van der Waals surface area contributed by atoms with Gasteiger partial charge in [-0.2, -0.15) is 4.68 Å². The zero-order valence-electron chi connectivity index (χ0n) is 9.11. The largest absolute Gasteiger partial charge is 0.478 e. The molecule has 0 spiro atoms. The van der Waals surface area contributed by atoms with Gasteiger partial charge in [-0.3, -0.25) is 0 Å². The summed E-state index contributed by atoms with van der Waals surface area (Å²) in [5, 5.41) is 19.5. The van der Waals surface area contributed by atoms with Gasteiger partial charge in [-0.05, 0) is 35.6 Å². The van der Waals surface area contributed by atoms with Crippen LogP contribution in [0.25, 0.3) is 11.8 Å². The fraction of sp³-hybridized carbons (Fsp3) is 0.0909. The predicted octanol–water partition coefficient (Wildman–Crippen LogP) is 1.07. The van der Waals surface area contributed by atoms with Crippen LogP contribution in [0.5, 0.6) is 0 Å². The fourth-order valence-electron chi connectivity index (χ4n) is 1.45. The molecule has 1 heterocycles. The summed E-state index contributed by atoms with van der Waals surface area (Å²) in [6.45, 7) is 1.93. The third-order valence-corrected chi connectivity index (χ3v) is 2.18. The van der Waals surface area contributed by atoms with Crippen molar-refractivity contribution in [3.8, 4) is 5.69 Å². The predicted molar refractivity (Wildman–Crippen MR) is 60.6 cm³/mol. The minimum Gasteiger partial charge on any atom is -0.478 e. The molecule has 0 unspecified atom stereocenters. The summed E-state index contributed by atoms with van der Waals surface area (Å²) in [6.07, 6.45) is 4.07. The maximum Gasteiger partial charge on any atom is 0.328 e. The number of aryl methyl sites for hydroxylation is 1. The lowest BCUT2D eigenvalue weighted by molar-refractivity contribution is -0.131. The van der Waals surface area contributed by atoms with Gasteiger partial charge in [0, 0.05) is 11.6 Å². The number of hydrogen-bond acceptors (Lipinski definition) is 4. The van der Waals surface area contributed by atoms with Crippen molar-refractivity contribution in [2.45, 2.75) is 6.92 Å². The van der Waals surface area contributed by atoms with Crippen LogP contribution in [0.2, 0.25) is 0 Å². The first-order valence-corrected chi connectivity index (χ1v) is 4.92. The zero-order valence-corrected chi connectivity index (χ0v) is 9.11. The number of hydrogen-bond donors (Lipinski definition) is 1. The molecule has 1 aromatic heterocycles. The molecule has 0 aliphatic rings. The molecule has 6 nitrogen and oxygen atoms in total. The van der Waals surface area contributed by atoms with Gasteiger partial charge >= 0.3 is 5.97 Å². The van der Waals surface area contributed by atoms with Gasteiger partial charge in [0.1, 0.15) is 6.33 Å². The van der Waals surface area contributed by atoms with E-state index in [-0.39, 0.29) is 0 Å². The van der Waals surface area contributed by atoms with Gasteiger partial charge in [-0.15, -0.1) is 5.10 Å². The molecule has 0 aliphatic carbocycles. The van der Waals surface area contributed by atoms with E-state index in [2.05, 4.69) is 15.5 Å². The van der Waals surface area contributed by atoms with Gasteiger partial charge in [0.05, 0.1) is 5.69 Å². The molecule has 2 aromatic rings. The summed E-state index contributed by atoms with van der Waals surface area (Å²) < 4.78 is 1.49. The number of nitrogens with zero attached hydrogens (tertiary/aromatic N) is 4. The molecule has 6 heteroatoms. The Balaban J connectivity index is 2.48. The van der Waals surface area contributed by atoms with E-state index in [0.717, 1.165) is 22.9 Å². The topological polar surface area (TPSA) is 80.9 Å². The first-order chi connectivity index (χ1) is 8.16. The molecule has 0 saturated carbocycles. The van der Waals surface area contributed by atoms with E-state index >= 15 is 0 Å². The molecule has 1 aromatic carbocycles. The Kier molecular flexibility index (Phi) is 2.95. The van der Waals surface area contributed by atoms with Crippen molar-refractivity contribution in [2.24, 2.45) is 0 Å². The van der Waals surface area contributed by atoms with E-state index in [1.54, 1.807) is 0 Å². The van der Waals surface area contributed by atoms with Gasteiger partial charge < -0.3 is 5.11 Å². The molecule has 1 N–H and O–H groups in total. The normalized spacial score (nSPS) is 10.9. The third kappa shape index (κ3) is 2.54. The number of carboxylic acids is 1. The van der Waals surface area contributed by atoms with E-state index in [0.29, 0.717) is 0 Å². The highest BCUT2D eigenvalue weighted by Gasteiger charge is 2.04. The summed E-state index contributed by atoms with van der Waals surface area (Å²) in [5.74, 6) is -0.992. The van der Waals surface area contributed by atoms with Crippen LogP contribution in [0.3, 0.4) is 0 Å². The number of tetrazole rings is 1. The number of aromatic nitrogens is 4. The molecule has 0 bridgehead atoms. The highest BCUT2D eigenvalue weighted by Crippen LogP contribution is 2.16. The molecule has 0 amide bonds. The van der Waals surface area contributed by atoms with Crippen molar-refractivity contribution in [3.05, 3.63) is 41.7 Å². The van der Waals surface area contributed by atoms with E-state index in [1.165, 1.54) is 17.1 Å². The zero-order chi connectivity index (χ0) is 12.3. The van der Waals surface area contributed by atoms with Crippen LogP contribution >= 0.6 is 0 Å². The van der Waals surface area contributed by atoms with Gasteiger partial charge in [-0.25, -0.2) is 4.79 Å². The Morgan fingerprint density at radius 1 is 1.47 bits per heavy atom. The smallest absolute Gasteiger partial charge is 0.328 e. The van der Waals surface area contributed by atoms with E-state index in [4.69, 9.17) is 5.11 Å². The average Bonchev–Trinajstić information content (AvgIpc) is 2.80. The number of rotatable bonds is 3. The van der Waals surface area contributed by atoms with Crippen molar-refractivity contribution in [3.63, 3.8) is 0 Å². The van der Waals surface area contributed by atoms with Crippen LogP contribution in [-0.2, 0) is 4.79 Å². The first-order valence-electron chi connectivity index (χ1n) is 4.92. The van der Waals surface area contributed by atoms with Crippen molar-refractivity contribution in [1.82, 2.24) is 20.2 Å². The Labute approximate surface area is 97.2 Å². The number of carbonyl (C=O) groups is 1. The van der Waals surface area contributed by atoms with Crippen molar-refractivity contribution in [1.29, 1.82) is 0 Å². The fourth-order valence-corrected chi connectivity index (χ4v) is 1.45. The molecule has 0 aliphatic heterocycles. The van der Waals surface area contributed by atoms with Gasteiger partial charge in [0.2, 0.25) is 0 Å². The van der Waals surface area contributed by atoms with Crippen LogP contribution in [0.4, 0.5) is 0 Å². The van der Waals surface area contributed by atoms with Gasteiger partial charge in [0.25, 0.3) is 0 Å². The molecular weight excluding hydrogens is 220 g/mol. The standard InChI is InChI=1S/C11H10N4O2/c1-8-2-4-10(15-7-12-13-14-15)9(6-8)3-5-11(16)17/h2-7H,1H3,(H,16,17). The van der Waals surface area contributed by atoms with Crippen LogP contribution in [0.15, 0.2) is 30.6 Å². The molecule has 0 atom stereocenters. The number of benzene rings is 1. The van der Waals surface area contributed by atoms with E-state index in [9.17, 15) is 4.79 Å². The summed E-state index contributed by atoms with van der Waals surface area (Å²) in [4.78, 5) is 10.5. The lowest BCUT2D eigenvalue weighted by Crippen LogP contribution is -1.99.